The molecular formula is C29H26FN3O3S. The van der Waals surface area contributed by atoms with Crippen molar-refractivity contribution in [2.75, 3.05) is 7.11 Å². The number of carbonyl (C=O) groups is 1. The number of carbonyl (C=O) groups excluding carboxylic acids is 1. The maximum absolute atomic E-state index is 13.4. The van der Waals surface area contributed by atoms with E-state index >= 15 is 0 Å². The standard InChI is InChI=1S/C29H26FN3O3S/c1-18-13-14-37-28(18)29(34)32-19(2)27(20-5-4-6-24(15-20)35-3)36-25-11-12-26-21(16-25)17-31-33(26)23-9-7-22(30)8-10-23/h4-17,19,27H,1-3H3,(H,32,34)/t19-,27-/m0/s1. The van der Waals surface area contributed by atoms with Gasteiger partial charge in [-0.15, -0.1) is 11.3 Å². The van der Waals surface area contributed by atoms with Gasteiger partial charge < -0.3 is 14.8 Å². The highest BCUT2D eigenvalue weighted by atomic mass is 32.1. The van der Waals surface area contributed by atoms with E-state index in [0.29, 0.717) is 16.4 Å². The minimum atomic E-state index is -0.482. The lowest BCUT2D eigenvalue weighted by molar-refractivity contribution is 0.0885. The molecule has 2 aromatic heterocycles. The van der Waals surface area contributed by atoms with Crippen molar-refractivity contribution < 1.29 is 18.7 Å². The number of benzene rings is 3. The molecule has 3 aromatic carbocycles. The Hall–Kier alpha value is -4.17. The number of rotatable bonds is 8. The van der Waals surface area contributed by atoms with Crippen molar-refractivity contribution in [3.05, 3.63) is 106 Å². The molecule has 188 valence electrons. The molecule has 2 heterocycles. The molecule has 0 radical (unpaired) electrons. The fourth-order valence-electron chi connectivity index (χ4n) is 4.25. The molecular weight excluding hydrogens is 489 g/mol. The van der Waals surface area contributed by atoms with Crippen LogP contribution in [-0.2, 0) is 0 Å². The molecule has 0 saturated carbocycles. The number of nitrogens with one attached hydrogen (secondary N) is 1. The molecule has 0 bridgehead atoms. The summed E-state index contributed by atoms with van der Waals surface area (Å²) in [6.07, 6.45) is 1.26. The summed E-state index contributed by atoms with van der Waals surface area (Å²) in [6.45, 7) is 3.85. The Labute approximate surface area is 218 Å². The van der Waals surface area contributed by atoms with E-state index in [-0.39, 0.29) is 17.8 Å². The van der Waals surface area contributed by atoms with Gasteiger partial charge in [0.1, 0.15) is 23.4 Å². The van der Waals surface area contributed by atoms with Crippen molar-refractivity contribution in [1.82, 2.24) is 15.1 Å². The van der Waals surface area contributed by atoms with E-state index in [0.717, 1.165) is 27.7 Å². The molecule has 5 aromatic rings. The zero-order valence-electron chi connectivity index (χ0n) is 20.6. The third-order valence-corrected chi connectivity index (χ3v) is 7.19. The molecule has 0 fully saturated rings. The molecule has 0 spiro atoms. The lowest BCUT2D eigenvalue weighted by Crippen LogP contribution is -2.39. The molecule has 0 saturated heterocycles. The van der Waals surface area contributed by atoms with E-state index in [1.165, 1.54) is 23.5 Å². The van der Waals surface area contributed by atoms with Crippen LogP contribution in [0, 0.1) is 12.7 Å². The number of ether oxygens (including phenoxy) is 2. The van der Waals surface area contributed by atoms with Crippen LogP contribution in [0.25, 0.3) is 16.6 Å². The van der Waals surface area contributed by atoms with Crippen LogP contribution in [-0.4, -0.2) is 28.8 Å². The third kappa shape index (κ3) is 5.20. The molecule has 8 heteroatoms. The fourth-order valence-corrected chi connectivity index (χ4v) is 5.08. The number of aryl methyl sites for hydroxylation is 1. The predicted octanol–water partition coefficient (Wildman–Crippen LogP) is 6.48. The zero-order chi connectivity index (χ0) is 25.9. The number of aromatic nitrogens is 2. The summed E-state index contributed by atoms with van der Waals surface area (Å²) in [4.78, 5) is 13.7. The van der Waals surface area contributed by atoms with E-state index in [4.69, 9.17) is 9.47 Å². The Balaban J connectivity index is 1.45. The van der Waals surface area contributed by atoms with E-state index in [1.807, 2.05) is 67.8 Å². The van der Waals surface area contributed by atoms with Crippen LogP contribution in [0.1, 0.15) is 33.8 Å². The molecule has 0 aliphatic carbocycles. The lowest BCUT2D eigenvalue weighted by Gasteiger charge is -2.27. The van der Waals surface area contributed by atoms with Crippen LogP contribution in [0.4, 0.5) is 4.39 Å². The number of nitrogens with zero attached hydrogens (tertiary/aromatic N) is 2. The van der Waals surface area contributed by atoms with Crippen molar-refractivity contribution in [3.63, 3.8) is 0 Å². The number of hydrogen-bond acceptors (Lipinski definition) is 5. The summed E-state index contributed by atoms with van der Waals surface area (Å²) < 4.78 is 27.0. The number of halogens is 1. The van der Waals surface area contributed by atoms with Gasteiger partial charge in [-0.3, -0.25) is 4.79 Å². The van der Waals surface area contributed by atoms with Crippen LogP contribution < -0.4 is 14.8 Å². The van der Waals surface area contributed by atoms with E-state index < -0.39 is 6.10 Å². The first-order chi connectivity index (χ1) is 17.9. The van der Waals surface area contributed by atoms with E-state index in [9.17, 15) is 9.18 Å². The Morgan fingerprint density at radius 3 is 2.59 bits per heavy atom. The molecule has 6 nitrogen and oxygen atoms in total. The number of amides is 1. The van der Waals surface area contributed by atoms with Gasteiger partial charge in [0.15, 0.2) is 0 Å². The first kappa shape index (κ1) is 24.5. The minimum absolute atomic E-state index is 0.132. The Morgan fingerprint density at radius 2 is 1.86 bits per heavy atom. The normalized spacial score (nSPS) is 12.8. The van der Waals surface area contributed by atoms with Crippen molar-refractivity contribution in [1.29, 1.82) is 0 Å². The average Bonchev–Trinajstić information content (AvgIpc) is 3.53. The van der Waals surface area contributed by atoms with Gasteiger partial charge in [0.05, 0.1) is 35.4 Å². The van der Waals surface area contributed by atoms with Crippen molar-refractivity contribution in [3.8, 4) is 17.2 Å². The van der Waals surface area contributed by atoms with Crippen LogP contribution in [0.15, 0.2) is 84.4 Å². The topological polar surface area (TPSA) is 65.4 Å². The third-order valence-electron chi connectivity index (χ3n) is 6.18. The van der Waals surface area contributed by atoms with Gasteiger partial charge in [0.2, 0.25) is 0 Å². The number of fused-ring (bicyclic) bond motifs is 1. The molecule has 1 amide bonds. The molecule has 0 unspecified atom stereocenters. The van der Waals surface area contributed by atoms with Crippen molar-refractivity contribution in [2.24, 2.45) is 0 Å². The summed E-state index contributed by atoms with van der Waals surface area (Å²) in [5.74, 6) is 0.907. The van der Waals surface area contributed by atoms with E-state index in [2.05, 4.69) is 10.4 Å². The van der Waals surface area contributed by atoms with Crippen LogP contribution in [0.3, 0.4) is 0 Å². The monoisotopic (exact) mass is 515 g/mol. The summed E-state index contributed by atoms with van der Waals surface area (Å²) in [5, 5.41) is 10.4. The lowest BCUT2D eigenvalue weighted by atomic mass is 10.0. The smallest absolute Gasteiger partial charge is 0.261 e. The minimum Gasteiger partial charge on any atom is -0.497 e. The summed E-state index contributed by atoms with van der Waals surface area (Å²) in [6, 6.07) is 21.1. The van der Waals surface area contributed by atoms with Gasteiger partial charge >= 0.3 is 0 Å². The second kappa shape index (κ2) is 10.4. The SMILES string of the molecule is COc1cccc([C@@H](Oc2ccc3c(cnn3-c3ccc(F)cc3)c2)[C@H](C)NC(=O)c2sccc2C)c1. The van der Waals surface area contributed by atoms with Gasteiger partial charge in [0, 0.05) is 5.39 Å². The highest BCUT2D eigenvalue weighted by Crippen LogP contribution is 2.31. The van der Waals surface area contributed by atoms with Gasteiger partial charge in [-0.1, -0.05) is 12.1 Å². The number of hydrogen-bond donors (Lipinski definition) is 1. The molecule has 5 rings (SSSR count). The first-order valence-electron chi connectivity index (χ1n) is 11.8. The Kier molecular flexibility index (Phi) is 6.92. The van der Waals surface area contributed by atoms with Crippen molar-refractivity contribution in [2.45, 2.75) is 26.0 Å². The Morgan fingerprint density at radius 1 is 1.05 bits per heavy atom. The summed E-state index contributed by atoms with van der Waals surface area (Å²) in [7, 11) is 1.62. The largest absolute Gasteiger partial charge is 0.497 e. The Bertz CT molecular complexity index is 1540. The highest BCUT2D eigenvalue weighted by molar-refractivity contribution is 7.12. The quantitative estimate of drug-likeness (QED) is 0.257. The maximum atomic E-state index is 13.4. The zero-order valence-corrected chi connectivity index (χ0v) is 21.5. The number of methoxy groups -OCH3 is 1. The second-order valence-electron chi connectivity index (χ2n) is 8.76. The summed E-state index contributed by atoms with van der Waals surface area (Å²) in [5.41, 5.74) is 3.44. The van der Waals surface area contributed by atoms with Crippen LogP contribution in [0.5, 0.6) is 11.5 Å². The van der Waals surface area contributed by atoms with Gasteiger partial charge in [-0.2, -0.15) is 5.10 Å². The molecule has 0 aliphatic heterocycles. The molecule has 1 N–H and O–H groups in total. The first-order valence-corrected chi connectivity index (χ1v) is 12.7. The van der Waals surface area contributed by atoms with Crippen LogP contribution in [0.2, 0.25) is 0 Å². The average molecular weight is 516 g/mol. The maximum Gasteiger partial charge on any atom is 0.261 e. The van der Waals surface area contributed by atoms with Crippen LogP contribution >= 0.6 is 11.3 Å². The van der Waals surface area contributed by atoms with Gasteiger partial charge in [-0.25, -0.2) is 9.07 Å². The van der Waals surface area contributed by atoms with Gasteiger partial charge in [0.25, 0.3) is 5.91 Å². The second-order valence-corrected chi connectivity index (χ2v) is 9.68. The molecule has 37 heavy (non-hydrogen) atoms. The highest BCUT2D eigenvalue weighted by Gasteiger charge is 2.25. The van der Waals surface area contributed by atoms with Gasteiger partial charge in [-0.05, 0) is 91.0 Å². The van der Waals surface area contributed by atoms with E-state index in [1.54, 1.807) is 30.1 Å². The molecule has 2 atom stereocenters. The predicted molar refractivity (Wildman–Crippen MR) is 143 cm³/mol. The summed E-state index contributed by atoms with van der Waals surface area (Å²) >= 11 is 1.42. The number of thiophene rings is 1. The van der Waals surface area contributed by atoms with Crippen molar-refractivity contribution >= 4 is 28.1 Å². The fraction of sp³-hybridized carbons (Fsp3) is 0.172. The molecule has 0 aliphatic rings.